The van der Waals surface area contributed by atoms with Gasteiger partial charge in [0.05, 0.1) is 17.5 Å². The third kappa shape index (κ3) is 3.31. The first-order chi connectivity index (χ1) is 15.5. The van der Waals surface area contributed by atoms with Gasteiger partial charge in [-0.1, -0.05) is 19.3 Å². The second kappa shape index (κ2) is 7.94. The van der Waals surface area contributed by atoms with Crippen LogP contribution in [0.2, 0.25) is 0 Å². The molecule has 0 radical (unpaired) electrons. The Kier molecular flexibility index (Phi) is 5.09. The molecule has 3 aromatic heterocycles. The number of aryl methyl sites for hydroxylation is 1. The van der Waals surface area contributed by atoms with Gasteiger partial charge < -0.3 is 10.1 Å². The van der Waals surface area contributed by atoms with E-state index in [1.807, 2.05) is 19.1 Å². The first-order valence-corrected chi connectivity index (χ1v) is 10.8. The normalized spacial score (nSPS) is 20.0. The molecule has 0 saturated heterocycles. The topological polar surface area (TPSA) is 122 Å². The first kappa shape index (κ1) is 20.5. The van der Waals surface area contributed by atoms with Crippen LogP contribution < -0.4 is 10.2 Å². The van der Waals surface area contributed by atoms with Crippen molar-refractivity contribution in [2.45, 2.75) is 50.7 Å². The Morgan fingerprint density at radius 3 is 2.62 bits per heavy atom. The summed E-state index contributed by atoms with van der Waals surface area (Å²) in [6.07, 6.45) is 8.14. The minimum Gasteiger partial charge on any atom is -0.376 e. The van der Waals surface area contributed by atoms with E-state index >= 15 is 0 Å². The number of nitrogens with zero attached hydrogens (tertiary/aromatic N) is 6. The Balaban J connectivity index is 1.47. The summed E-state index contributed by atoms with van der Waals surface area (Å²) in [6, 6.07) is 3.31. The van der Waals surface area contributed by atoms with Crippen molar-refractivity contribution < 1.29 is 9.53 Å². The molecule has 1 fully saturated rings. The molecule has 1 aliphatic carbocycles. The SMILES string of the molecule is COC1(C2Nc3ncc(-c4ccc(-c5ncn[nH]5)nc4C)nc3N(C)C2=O)CCCCC1. The largest absolute Gasteiger partial charge is 0.376 e. The molecule has 1 amide bonds. The van der Waals surface area contributed by atoms with Crippen LogP contribution in [0, 0.1) is 6.92 Å². The Hall–Kier alpha value is -3.40. The van der Waals surface area contributed by atoms with E-state index in [4.69, 9.17) is 9.72 Å². The summed E-state index contributed by atoms with van der Waals surface area (Å²) in [5.41, 5.74) is 2.45. The van der Waals surface area contributed by atoms with Gasteiger partial charge in [-0.2, -0.15) is 5.10 Å². The molecule has 1 saturated carbocycles. The van der Waals surface area contributed by atoms with E-state index in [2.05, 4.69) is 30.5 Å². The van der Waals surface area contributed by atoms with Crippen LogP contribution in [0.15, 0.2) is 24.7 Å². The molecule has 2 aliphatic rings. The lowest BCUT2D eigenvalue weighted by Gasteiger charge is -2.45. The molecule has 3 aromatic rings. The van der Waals surface area contributed by atoms with Crippen LogP contribution in [0.3, 0.4) is 0 Å². The van der Waals surface area contributed by atoms with Crippen molar-refractivity contribution in [3.05, 3.63) is 30.4 Å². The van der Waals surface area contributed by atoms with Gasteiger partial charge in [0.15, 0.2) is 17.5 Å². The number of nitrogens with one attached hydrogen (secondary N) is 2. The molecule has 0 bridgehead atoms. The van der Waals surface area contributed by atoms with E-state index in [1.54, 1.807) is 25.3 Å². The number of anilines is 2. The van der Waals surface area contributed by atoms with Gasteiger partial charge in [0.25, 0.3) is 5.91 Å². The molecule has 1 atom stereocenters. The van der Waals surface area contributed by atoms with Crippen LogP contribution >= 0.6 is 0 Å². The standard InChI is InChI=1S/C22H26N8O2/c1-13-14(7-8-15(26-13)18-24-12-25-29-18)16-11-23-19-20(27-16)30(2)21(31)17(28-19)22(32-3)9-5-4-6-10-22/h7-8,11-12,17H,4-6,9-10H2,1-3H3,(H,23,28)(H,24,25,29). The van der Waals surface area contributed by atoms with E-state index in [0.717, 1.165) is 36.9 Å². The lowest BCUT2D eigenvalue weighted by atomic mass is 9.78. The molecule has 0 aromatic carbocycles. The molecule has 32 heavy (non-hydrogen) atoms. The van der Waals surface area contributed by atoms with Crippen LogP contribution in [0.1, 0.15) is 37.8 Å². The van der Waals surface area contributed by atoms with Crippen LogP contribution in [0.5, 0.6) is 0 Å². The number of rotatable bonds is 4. The van der Waals surface area contributed by atoms with Crippen molar-refractivity contribution in [2.24, 2.45) is 0 Å². The van der Waals surface area contributed by atoms with Crippen LogP contribution in [-0.2, 0) is 9.53 Å². The number of aromatic amines is 1. The lowest BCUT2D eigenvalue weighted by Crippen LogP contribution is -2.60. The highest BCUT2D eigenvalue weighted by Crippen LogP contribution is 2.40. The molecule has 0 spiro atoms. The number of fused-ring (bicyclic) bond motifs is 1. The van der Waals surface area contributed by atoms with E-state index in [-0.39, 0.29) is 5.91 Å². The number of amides is 1. The maximum absolute atomic E-state index is 13.3. The van der Waals surface area contributed by atoms with Crippen molar-refractivity contribution in [1.29, 1.82) is 0 Å². The van der Waals surface area contributed by atoms with Gasteiger partial charge in [-0.3, -0.25) is 14.8 Å². The zero-order valence-electron chi connectivity index (χ0n) is 18.4. The van der Waals surface area contributed by atoms with E-state index in [1.165, 1.54) is 12.7 Å². The Bertz CT molecular complexity index is 1140. The number of carbonyl (C=O) groups is 1. The maximum atomic E-state index is 13.3. The first-order valence-electron chi connectivity index (χ1n) is 10.8. The molecular weight excluding hydrogens is 408 g/mol. The number of carbonyl (C=O) groups excluding carboxylic acids is 1. The molecular formula is C22H26N8O2. The minimum atomic E-state index is -0.515. The summed E-state index contributed by atoms with van der Waals surface area (Å²) in [4.78, 5) is 33.1. The Labute approximate surface area is 185 Å². The highest BCUT2D eigenvalue weighted by atomic mass is 16.5. The fourth-order valence-electron chi connectivity index (χ4n) is 4.75. The average Bonchev–Trinajstić information content (AvgIpc) is 3.37. The van der Waals surface area contributed by atoms with Crippen LogP contribution in [-0.4, -0.2) is 61.8 Å². The number of likely N-dealkylation sites (N-methyl/N-ethyl adjacent to an activating group) is 1. The lowest BCUT2D eigenvalue weighted by molar-refractivity contribution is -0.129. The minimum absolute atomic E-state index is 0.0526. The molecule has 10 nitrogen and oxygen atoms in total. The van der Waals surface area contributed by atoms with Gasteiger partial charge in [0.2, 0.25) is 0 Å². The fraction of sp³-hybridized carbons (Fsp3) is 0.455. The van der Waals surface area contributed by atoms with Gasteiger partial charge in [0, 0.05) is 25.4 Å². The summed E-state index contributed by atoms with van der Waals surface area (Å²) in [6.45, 7) is 1.91. The molecule has 1 unspecified atom stereocenters. The van der Waals surface area contributed by atoms with E-state index < -0.39 is 11.6 Å². The van der Waals surface area contributed by atoms with Crippen molar-refractivity contribution in [2.75, 3.05) is 24.4 Å². The van der Waals surface area contributed by atoms with Gasteiger partial charge in [-0.25, -0.2) is 19.9 Å². The van der Waals surface area contributed by atoms with Crippen molar-refractivity contribution in [3.8, 4) is 22.8 Å². The predicted octanol–water partition coefficient (Wildman–Crippen LogP) is 2.74. The second-order valence-electron chi connectivity index (χ2n) is 8.40. The quantitative estimate of drug-likeness (QED) is 0.643. The van der Waals surface area contributed by atoms with Crippen LogP contribution in [0.25, 0.3) is 22.8 Å². The molecule has 4 heterocycles. The number of H-pyrrole nitrogens is 1. The summed E-state index contributed by atoms with van der Waals surface area (Å²) < 4.78 is 5.92. The zero-order valence-corrected chi connectivity index (χ0v) is 18.4. The molecule has 166 valence electrons. The summed E-state index contributed by atoms with van der Waals surface area (Å²) in [7, 11) is 3.45. The number of ether oxygens (including phenoxy) is 1. The second-order valence-corrected chi connectivity index (χ2v) is 8.40. The van der Waals surface area contributed by atoms with Crippen molar-refractivity contribution in [3.63, 3.8) is 0 Å². The molecule has 1 aliphatic heterocycles. The third-order valence-electron chi connectivity index (χ3n) is 6.58. The number of hydrogen-bond donors (Lipinski definition) is 2. The monoisotopic (exact) mass is 434 g/mol. The molecule has 5 rings (SSSR count). The number of aromatic nitrogens is 6. The zero-order chi connectivity index (χ0) is 22.3. The molecule has 2 N–H and O–H groups in total. The number of hydrogen-bond acceptors (Lipinski definition) is 8. The van der Waals surface area contributed by atoms with Crippen molar-refractivity contribution >= 4 is 17.5 Å². The van der Waals surface area contributed by atoms with Gasteiger partial charge in [-0.05, 0) is 31.9 Å². The highest BCUT2D eigenvalue weighted by molar-refractivity contribution is 6.03. The average molecular weight is 435 g/mol. The van der Waals surface area contributed by atoms with Crippen molar-refractivity contribution in [1.82, 2.24) is 30.1 Å². The summed E-state index contributed by atoms with van der Waals surface area (Å²) in [5, 5.41) is 10.0. The molecule has 10 heteroatoms. The third-order valence-corrected chi connectivity index (χ3v) is 6.58. The summed E-state index contributed by atoms with van der Waals surface area (Å²) >= 11 is 0. The fourth-order valence-corrected chi connectivity index (χ4v) is 4.75. The van der Waals surface area contributed by atoms with Gasteiger partial charge in [0.1, 0.15) is 18.1 Å². The van der Waals surface area contributed by atoms with Gasteiger partial charge >= 0.3 is 0 Å². The van der Waals surface area contributed by atoms with Gasteiger partial charge in [-0.15, -0.1) is 0 Å². The van der Waals surface area contributed by atoms with E-state index in [0.29, 0.717) is 28.8 Å². The summed E-state index contributed by atoms with van der Waals surface area (Å²) in [5.74, 6) is 1.64. The van der Waals surface area contributed by atoms with Crippen LogP contribution in [0.4, 0.5) is 11.6 Å². The predicted molar refractivity (Wildman–Crippen MR) is 119 cm³/mol. The smallest absolute Gasteiger partial charge is 0.253 e. The number of pyridine rings is 1. The Morgan fingerprint density at radius 1 is 1.12 bits per heavy atom. The maximum Gasteiger partial charge on any atom is 0.253 e. The highest BCUT2D eigenvalue weighted by Gasteiger charge is 2.48. The van der Waals surface area contributed by atoms with E-state index in [9.17, 15) is 4.79 Å². The number of methoxy groups -OCH3 is 1. The Morgan fingerprint density at radius 2 is 1.94 bits per heavy atom.